The van der Waals surface area contributed by atoms with E-state index in [-0.39, 0.29) is 17.3 Å². The molecule has 1 heterocycles. The predicted molar refractivity (Wildman–Crippen MR) is 61.4 cm³/mol. The van der Waals surface area contributed by atoms with E-state index in [1.807, 2.05) is 6.92 Å². The second-order valence-electron chi connectivity index (χ2n) is 3.29. The molecule has 0 bridgehead atoms. The first-order chi connectivity index (χ1) is 7.54. The fraction of sp³-hybridized carbons (Fsp3) is 0.333. The number of nitrogens with zero attached hydrogens (tertiary/aromatic N) is 2. The highest BCUT2D eigenvalue weighted by Crippen LogP contribution is 2.00. The number of hydrogen-bond donors (Lipinski definition) is 3. The molecule has 0 spiro atoms. The van der Waals surface area contributed by atoms with Gasteiger partial charge in [0.05, 0.1) is 0 Å². The maximum atomic E-state index is 11.5. The number of urea groups is 1. The van der Waals surface area contributed by atoms with Crippen molar-refractivity contribution in [3.05, 3.63) is 18.3 Å². The molecule has 1 rings (SSSR count). The van der Waals surface area contributed by atoms with E-state index in [2.05, 4.69) is 10.3 Å². The molecule has 0 aliphatic rings. The van der Waals surface area contributed by atoms with E-state index in [1.54, 1.807) is 7.05 Å². The van der Waals surface area contributed by atoms with E-state index in [0.29, 0.717) is 6.54 Å². The molecule has 0 aliphatic carbocycles. The van der Waals surface area contributed by atoms with Crippen molar-refractivity contribution in [1.82, 2.24) is 9.88 Å². The molecule has 0 atom stereocenters. The normalized spacial score (nSPS) is 9.75. The van der Waals surface area contributed by atoms with Gasteiger partial charge in [0.1, 0.15) is 5.82 Å². The number of amides is 2. The summed E-state index contributed by atoms with van der Waals surface area (Å²) < 4.78 is 0. The van der Waals surface area contributed by atoms with Gasteiger partial charge in [-0.3, -0.25) is 5.32 Å². The van der Waals surface area contributed by atoms with Crippen LogP contribution in [0.2, 0.25) is 0 Å². The van der Waals surface area contributed by atoms with E-state index in [9.17, 15) is 4.79 Å². The summed E-state index contributed by atoms with van der Waals surface area (Å²) in [7, 11) is 0.0858. The van der Waals surface area contributed by atoms with E-state index in [0.717, 1.165) is 0 Å². The molecule has 0 saturated heterocycles. The smallest absolute Gasteiger partial charge is 0.423 e. The Morgan fingerprint density at radius 3 is 2.88 bits per heavy atom. The van der Waals surface area contributed by atoms with Crippen LogP contribution in [0.25, 0.3) is 0 Å². The number of carbonyl (C=O) groups excluding carboxylic acids is 1. The third-order valence-corrected chi connectivity index (χ3v) is 2.14. The van der Waals surface area contributed by atoms with Crippen molar-refractivity contribution in [1.29, 1.82) is 0 Å². The number of anilines is 1. The van der Waals surface area contributed by atoms with E-state index >= 15 is 0 Å². The molecule has 0 saturated carbocycles. The minimum Gasteiger partial charge on any atom is -0.423 e. The Labute approximate surface area is 94.1 Å². The van der Waals surface area contributed by atoms with Gasteiger partial charge in [0.2, 0.25) is 0 Å². The minimum atomic E-state index is -1.57. The fourth-order valence-corrected chi connectivity index (χ4v) is 1.02. The van der Waals surface area contributed by atoms with Crippen molar-refractivity contribution in [2.24, 2.45) is 0 Å². The maximum absolute atomic E-state index is 11.5. The van der Waals surface area contributed by atoms with Crippen molar-refractivity contribution < 1.29 is 14.8 Å². The number of rotatable bonds is 3. The molecule has 0 aliphatic heterocycles. The molecule has 0 aromatic carbocycles. The first-order valence-corrected chi connectivity index (χ1v) is 4.88. The monoisotopic (exact) mass is 223 g/mol. The summed E-state index contributed by atoms with van der Waals surface area (Å²) in [5.74, 6) is 0.288. The topological polar surface area (TPSA) is 85.7 Å². The summed E-state index contributed by atoms with van der Waals surface area (Å²) in [6.07, 6.45) is 1.40. The molecule has 7 heteroatoms. The molecular weight excluding hydrogens is 209 g/mol. The first-order valence-electron chi connectivity index (χ1n) is 4.88. The SMILES string of the molecule is CCN(C)C(=O)Nc1cc(B(O)O)ccn1. The van der Waals surface area contributed by atoms with Crippen molar-refractivity contribution in [3.63, 3.8) is 0 Å². The maximum Gasteiger partial charge on any atom is 0.488 e. The van der Waals surface area contributed by atoms with Crippen LogP contribution in [-0.2, 0) is 0 Å². The fourth-order valence-electron chi connectivity index (χ4n) is 1.02. The summed E-state index contributed by atoms with van der Waals surface area (Å²) >= 11 is 0. The average Bonchev–Trinajstić information content (AvgIpc) is 2.28. The van der Waals surface area contributed by atoms with Gasteiger partial charge in [-0.25, -0.2) is 9.78 Å². The quantitative estimate of drug-likeness (QED) is 0.588. The zero-order valence-electron chi connectivity index (χ0n) is 9.21. The van der Waals surface area contributed by atoms with E-state index in [4.69, 9.17) is 10.0 Å². The molecule has 0 fully saturated rings. The Morgan fingerprint density at radius 1 is 1.62 bits per heavy atom. The lowest BCUT2D eigenvalue weighted by atomic mass is 9.81. The molecule has 86 valence electrons. The Bertz CT molecular complexity index is 373. The zero-order chi connectivity index (χ0) is 12.1. The van der Waals surface area contributed by atoms with Gasteiger partial charge in [-0.1, -0.05) is 0 Å². The van der Waals surface area contributed by atoms with Crippen LogP contribution in [0.15, 0.2) is 18.3 Å². The number of hydrogen-bond acceptors (Lipinski definition) is 4. The predicted octanol–water partition coefficient (Wildman–Crippen LogP) is -0.755. The molecule has 0 radical (unpaired) electrons. The Morgan fingerprint density at radius 2 is 2.31 bits per heavy atom. The Kier molecular flexibility index (Phi) is 4.27. The summed E-state index contributed by atoms with van der Waals surface area (Å²) in [5.41, 5.74) is 0.282. The van der Waals surface area contributed by atoms with Gasteiger partial charge in [-0.05, 0) is 24.5 Å². The van der Waals surface area contributed by atoms with Crippen LogP contribution in [0.1, 0.15) is 6.92 Å². The average molecular weight is 223 g/mol. The van der Waals surface area contributed by atoms with Gasteiger partial charge in [-0.15, -0.1) is 0 Å². The second kappa shape index (κ2) is 5.48. The lowest BCUT2D eigenvalue weighted by Crippen LogP contribution is -2.33. The van der Waals surface area contributed by atoms with Gasteiger partial charge >= 0.3 is 13.1 Å². The van der Waals surface area contributed by atoms with Gasteiger partial charge in [0.15, 0.2) is 0 Å². The summed E-state index contributed by atoms with van der Waals surface area (Å²) in [4.78, 5) is 16.8. The number of pyridine rings is 1. The highest BCUT2D eigenvalue weighted by Gasteiger charge is 2.13. The van der Waals surface area contributed by atoms with Crippen LogP contribution < -0.4 is 10.8 Å². The summed E-state index contributed by atoms with van der Waals surface area (Å²) in [5, 5.41) is 20.4. The molecule has 3 N–H and O–H groups in total. The number of nitrogens with one attached hydrogen (secondary N) is 1. The van der Waals surface area contributed by atoms with Crippen molar-refractivity contribution in [2.75, 3.05) is 18.9 Å². The molecule has 2 amide bonds. The van der Waals surface area contributed by atoms with Crippen molar-refractivity contribution >= 4 is 24.4 Å². The number of carbonyl (C=O) groups is 1. The van der Waals surface area contributed by atoms with Crippen LogP contribution in [0.4, 0.5) is 10.6 Å². The Hall–Kier alpha value is -1.60. The van der Waals surface area contributed by atoms with Crippen LogP contribution in [0.5, 0.6) is 0 Å². The van der Waals surface area contributed by atoms with Crippen LogP contribution >= 0.6 is 0 Å². The van der Waals surface area contributed by atoms with E-state index in [1.165, 1.54) is 23.2 Å². The van der Waals surface area contributed by atoms with Crippen LogP contribution in [-0.4, -0.2) is 46.7 Å². The first kappa shape index (κ1) is 12.5. The van der Waals surface area contributed by atoms with Crippen molar-refractivity contribution in [3.8, 4) is 0 Å². The molecule has 6 nitrogen and oxygen atoms in total. The summed E-state index contributed by atoms with van der Waals surface area (Å²) in [6.45, 7) is 2.43. The van der Waals surface area contributed by atoms with Crippen molar-refractivity contribution in [2.45, 2.75) is 6.92 Å². The third-order valence-electron chi connectivity index (χ3n) is 2.14. The lowest BCUT2D eigenvalue weighted by molar-refractivity contribution is 0.224. The van der Waals surface area contributed by atoms with Gasteiger partial charge < -0.3 is 14.9 Å². The highest BCUT2D eigenvalue weighted by molar-refractivity contribution is 6.58. The molecule has 1 aromatic heterocycles. The Balaban J connectivity index is 2.74. The second-order valence-corrected chi connectivity index (χ2v) is 3.29. The highest BCUT2D eigenvalue weighted by atomic mass is 16.4. The standard InChI is InChI=1S/C9H14BN3O3/c1-3-13(2)9(14)12-8-6-7(10(15)16)4-5-11-8/h4-6,15-16H,3H2,1-2H3,(H,11,12,14). The largest absolute Gasteiger partial charge is 0.488 e. The van der Waals surface area contributed by atoms with Gasteiger partial charge in [0.25, 0.3) is 0 Å². The molecule has 16 heavy (non-hydrogen) atoms. The van der Waals surface area contributed by atoms with E-state index < -0.39 is 7.12 Å². The lowest BCUT2D eigenvalue weighted by Gasteiger charge is -2.15. The van der Waals surface area contributed by atoms with Gasteiger partial charge in [0, 0.05) is 19.8 Å². The number of aromatic nitrogens is 1. The molecule has 0 unspecified atom stereocenters. The zero-order valence-corrected chi connectivity index (χ0v) is 9.21. The van der Waals surface area contributed by atoms with Crippen LogP contribution in [0, 0.1) is 0 Å². The van der Waals surface area contributed by atoms with Gasteiger partial charge in [-0.2, -0.15) is 0 Å². The molecule has 1 aromatic rings. The minimum absolute atomic E-state index is 0.282. The molecular formula is C9H14BN3O3. The third kappa shape index (κ3) is 3.21. The summed E-state index contributed by atoms with van der Waals surface area (Å²) in [6, 6.07) is 2.58. The van der Waals surface area contributed by atoms with Crippen LogP contribution in [0.3, 0.4) is 0 Å².